The number of carbonyl (C=O) groups is 1. The molecule has 3 heteroatoms. The molecule has 1 amide bonds. The average molecular weight is 199 g/mol. The van der Waals surface area contributed by atoms with Crippen LogP contribution in [0.15, 0.2) is 0 Å². The summed E-state index contributed by atoms with van der Waals surface area (Å²) in [5, 5.41) is 8.85. The molecule has 82 valence electrons. The van der Waals surface area contributed by atoms with Crippen LogP contribution in [0, 0.1) is 5.92 Å². The lowest BCUT2D eigenvalue weighted by atomic mass is 9.93. The molecule has 3 nitrogen and oxygen atoms in total. The second kappa shape index (κ2) is 5.89. The van der Waals surface area contributed by atoms with E-state index in [9.17, 15) is 4.79 Å². The summed E-state index contributed by atoms with van der Waals surface area (Å²) in [4.78, 5) is 12.3. The van der Waals surface area contributed by atoms with Crippen LogP contribution in [0.5, 0.6) is 0 Å². The highest BCUT2D eigenvalue weighted by atomic mass is 16.4. The fourth-order valence-corrected chi connectivity index (χ4v) is 2.16. The van der Waals surface area contributed by atoms with Crippen LogP contribution in [-0.4, -0.2) is 29.2 Å². The Morgan fingerprint density at radius 3 is 2.93 bits per heavy atom. The summed E-state index contributed by atoms with van der Waals surface area (Å²) in [7, 11) is 0. The largest absolute Gasteiger partial charge is 0.465 e. The van der Waals surface area contributed by atoms with Gasteiger partial charge in [0.15, 0.2) is 0 Å². The molecule has 1 aliphatic heterocycles. The maximum absolute atomic E-state index is 10.8. The normalized spacial score (nSPS) is 22.4. The van der Waals surface area contributed by atoms with Crippen LogP contribution in [0.1, 0.15) is 45.4 Å². The van der Waals surface area contributed by atoms with Crippen molar-refractivity contribution in [2.75, 3.05) is 13.1 Å². The number of carboxylic acid groups (broad SMARTS) is 1. The Balaban J connectivity index is 2.22. The molecule has 0 aromatic carbocycles. The number of hydrogen-bond donors (Lipinski definition) is 1. The minimum Gasteiger partial charge on any atom is -0.465 e. The van der Waals surface area contributed by atoms with E-state index < -0.39 is 6.09 Å². The van der Waals surface area contributed by atoms with Gasteiger partial charge in [0.25, 0.3) is 0 Å². The lowest BCUT2D eigenvalue weighted by Gasteiger charge is -2.30. The topological polar surface area (TPSA) is 40.5 Å². The molecule has 0 aliphatic carbocycles. The third kappa shape index (κ3) is 3.56. The predicted molar refractivity (Wildman–Crippen MR) is 56.5 cm³/mol. The first-order valence-corrected chi connectivity index (χ1v) is 5.72. The van der Waals surface area contributed by atoms with Gasteiger partial charge in [-0.05, 0) is 25.2 Å². The van der Waals surface area contributed by atoms with Crippen molar-refractivity contribution in [2.45, 2.75) is 45.4 Å². The Bertz CT molecular complexity index is 182. The molecule has 0 aromatic heterocycles. The van der Waals surface area contributed by atoms with Gasteiger partial charge in [0, 0.05) is 13.1 Å². The number of nitrogens with zero attached hydrogens (tertiary/aromatic N) is 1. The molecule has 14 heavy (non-hydrogen) atoms. The molecule has 0 radical (unpaired) electrons. The molecule has 1 N–H and O–H groups in total. The number of piperidine rings is 1. The quantitative estimate of drug-likeness (QED) is 0.707. The van der Waals surface area contributed by atoms with Crippen molar-refractivity contribution in [2.24, 2.45) is 5.92 Å². The van der Waals surface area contributed by atoms with E-state index in [4.69, 9.17) is 5.11 Å². The first-order valence-electron chi connectivity index (χ1n) is 5.72. The second-order valence-electron chi connectivity index (χ2n) is 4.23. The van der Waals surface area contributed by atoms with E-state index in [0.717, 1.165) is 19.5 Å². The molecule has 0 spiro atoms. The second-order valence-corrected chi connectivity index (χ2v) is 4.23. The Morgan fingerprint density at radius 2 is 2.29 bits per heavy atom. The van der Waals surface area contributed by atoms with Crippen LogP contribution in [0.25, 0.3) is 0 Å². The zero-order valence-electron chi connectivity index (χ0n) is 9.04. The lowest BCUT2D eigenvalue weighted by molar-refractivity contribution is 0.117. The van der Waals surface area contributed by atoms with E-state index in [1.807, 2.05) is 0 Å². The highest BCUT2D eigenvalue weighted by Gasteiger charge is 2.22. The van der Waals surface area contributed by atoms with Gasteiger partial charge in [-0.2, -0.15) is 0 Å². The summed E-state index contributed by atoms with van der Waals surface area (Å²) >= 11 is 0. The maximum Gasteiger partial charge on any atom is 0.407 e. The summed E-state index contributed by atoms with van der Waals surface area (Å²) in [6.45, 7) is 3.70. The zero-order chi connectivity index (χ0) is 10.4. The van der Waals surface area contributed by atoms with Crippen LogP contribution in [0.3, 0.4) is 0 Å². The predicted octanol–water partition coefficient (Wildman–Crippen LogP) is 2.96. The zero-order valence-corrected chi connectivity index (χ0v) is 9.04. The lowest BCUT2D eigenvalue weighted by Crippen LogP contribution is -2.38. The van der Waals surface area contributed by atoms with Gasteiger partial charge >= 0.3 is 6.09 Å². The minimum absolute atomic E-state index is 0.617. The van der Waals surface area contributed by atoms with Gasteiger partial charge in [-0.1, -0.05) is 26.2 Å². The van der Waals surface area contributed by atoms with Crippen molar-refractivity contribution in [1.82, 2.24) is 4.90 Å². The molecule has 1 heterocycles. The molecule has 1 unspecified atom stereocenters. The fraction of sp³-hybridized carbons (Fsp3) is 0.909. The van der Waals surface area contributed by atoms with E-state index in [-0.39, 0.29) is 0 Å². The number of rotatable bonds is 4. The number of likely N-dealkylation sites (tertiary alicyclic amines) is 1. The fourth-order valence-electron chi connectivity index (χ4n) is 2.16. The van der Waals surface area contributed by atoms with Gasteiger partial charge in [-0.25, -0.2) is 4.79 Å². The number of hydrogen-bond acceptors (Lipinski definition) is 1. The Hall–Kier alpha value is -0.730. The van der Waals surface area contributed by atoms with Crippen molar-refractivity contribution in [3.8, 4) is 0 Å². The third-order valence-electron chi connectivity index (χ3n) is 3.01. The summed E-state index contributed by atoms with van der Waals surface area (Å²) < 4.78 is 0. The molecule has 1 aliphatic rings. The van der Waals surface area contributed by atoms with E-state index >= 15 is 0 Å². The Morgan fingerprint density at radius 1 is 1.50 bits per heavy atom. The third-order valence-corrected chi connectivity index (χ3v) is 3.01. The molecule has 1 saturated heterocycles. The number of amides is 1. The van der Waals surface area contributed by atoms with E-state index in [0.29, 0.717) is 5.92 Å². The van der Waals surface area contributed by atoms with Crippen LogP contribution >= 0.6 is 0 Å². The van der Waals surface area contributed by atoms with Gasteiger partial charge < -0.3 is 10.0 Å². The standard InChI is InChI=1S/C11H21NO2/c1-2-3-4-6-10-7-5-8-12(9-10)11(13)14/h10H,2-9H2,1H3,(H,13,14). The van der Waals surface area contributed by atoms with Crippen LogP contribution < -0.4 is 0 Å². The average Bonchev–Trinajstić information content (AvgIpc) is 2.19. The van der Waals surface area contributed by atoms with Crippen molar-refractivity contribution >= 4 is 6.09 Å². The van der Waals surface area contributed by atoms with Crippen molar-refractivity contribution in [1.29, 1.82) is 0 Å². The van der Waals surface area contributed by atoms with Gasteiger partial charge in [0.1, 0.15) is 0 Å². The van der Waals surface area contributed by atoms with Crippen molar-refractivity contribution in [3.05, 3.63) is 0 Å². The molecule has 0 bridgehead atoms. The smallest absolute Gasteiger partial charge is 0.407 e. The number of unbranched alkanes of at least 4 members (excludes halogenated alkanes) is 2. The first kappa shape index (κ1) is 11.3. The Kier molecular flexibility index (Phi) is 4.77. The monoisotopic (exact) mass is 199 g/mol. The van der Waals surface area contributed by atoms with Crippen LogP contribution in [0.4, 0.5) is 4.79 Å². The highest BCUT2D eigenvalue weighted by Crippen LogP contribution is 2.21. The summed E-state index contributed by atoms with van der Waals surface area (Å²) in [5.74, 6) is 0.617. The summed E-state index contributed by atoms with van der Waals surface area (Å²) in [6, 6.07) is 0. The first-order chi connectivity index (χ1) is 6.74. The van der Waals surface area contributed by atoms with Crippen molar-refractivity contribution in [3.63, 3.8) is 0 Å². The van der Waals surface area contributed by atoms with Gasteiger partial charge in [0.2, 0.25) is 0 Å². The minimum atomic E-state index is -0.745. The van der Waals surface area contributed by atoms with Crippen molar-refractivity contribution < 1.29 is 9.90 Å². The van der Waals surface area contributed by atoms with Crippen LogP contribution in [-0.2, 0) is 0 Å². The summed E-state index contributed by atoms with van der Waals surface area (Å²) in [5.41, 5.74) is 0. The molecular weight excluding hydrogens is 178 g/mol. The van der Waals surface area contributed by atoms with E-state index in [2.05, 4.69) is 6.92 Å². The van der Waals surface area contributed by atoms with Gasteiger partial charge in [-0.15, -0.1) is 0 Å². The Labute approximate surface area is 86.1 Å². The highest BCUT2D eigenvalue weighted by molar-refractivity contribution is 5.65. The van der Waals surface area contributed by atoms with E-state index in [1.54, 1.807) is 4.90 Å². The van der Waals surface area contributed by atoms with Gasteiger partial charge in [-0.3, -0.25) is 0 Å². The molecule has 1 rings (SSSR count). The molecular formula is C11H21NO2. The molecule has 0 aromatic rings. The van der Waals surface area contributed by atoms with E-state index in [1.165, 1.54) is 32.1 Å². The molecule has 1 atom stereocenters. The SMILES string of the molecule is CCCCCC1CCCN(C(=O)O)C1. The summed E-state index contributed by atoms with van der Waals surface area (Å²) in [6.07, 6.45) is 6.51. The van der Waals surface area contributed by atoms with Gasteiger partial charge in [0.05, 0.1) is 0 Å². The molecule has 0 saturated carbocycles. The molecule has 1 fully saturated rings. The maximum atomic E-state index is 10.8. The van der Waals surface area contributed by atoms with Crippen LogP contribution in [0.2, 0.25) is 0 Å².